The van der Waals surface area contributed by atoms with Crippen LogP contribution in [0.3, 0.4) is 0 Å². The number of β-lactam (4-membered cyclic amide) rings is 1. The van der Waals surface area contributed by atoms with E-state index in [1.54, 1.807) is 39.8 Å². The van der Waals surface area contributed by atoms with Crippen LogP contribution in [-0.4, -0.2) is 117 Å². The quantitative estimate of drug-likeness (QED) is 0.00901. The van der Waals surface area contributed by atoms with Crippen LogP contribution in [-0.2, 0) is 66.7 Å². The average Bonchev–Trinajstić information content (AvgIpc) is 3.32. The van der Waals surface area contributed by atoms with Crippen LogP contribution in [0.1, 0.15) is 63.6 Å². The number of nitrogens with zero attached hydrogens (tertiary/aromatic N) is 6. The fourth-order valence-corrected chi connectivity index (χ4v) is 9.99. The van der Waals surface area contributed by atoms with E-state index >= 15 is 0 Å². The number of carbonyl (C=O) groups is 5. The molecule has 1 saturated heterocycles. The fraction of sp³-hybridized carbons (Fsp3) is 0.432. The van der Waals surface area contributed by atoms with Crippen LogP contribution in [0.25, 0.3) is 0 Å². The number of aliphatic imine (C=N–C) groups is 1. The van der Waals surface area contributed by atoms with Gasteiger partial charge >= 0.3 is 18.2 Å². The second-order valence-corrected chi connectivity index (χ2v) is 18.4. The van der Waals surface area contributed by atoms with Crippen molar-refractivity contribution in [3.63, 3.8) is 0 Å². The molecule has 0 aromatic heterocycles. The molecule has 0 bridgehead atoms. The van der Waals surface area contributed by atoms with Gasteiger partial charge in [0.2, 0.25) is 11.3 Å². The predicted octanol–water partition coefficient (Wildman–Crippen LogP) is 7.75. The summed E-state index contributed by atoms with van der Waals surface area (Å²) in [6, 6.07) is 14.7. The first-order chi connectivity index (χ1) is 33.3. The molecule has 70 heavy (non-hydrogen) atoms. The van der Waals surface area contributed by atoms with Crippen molar-refractivity contribution in [2.75, 3.05) is 39.7 Å². The normalized spacial score (nSPS) is 15.0. The average molecular weight is 1020 g/mol. The lowest BCUT2D eigenvalue weighted by Gasteiger charge is -2.49. The lowest BCUT2D eigenvalue weighted by atomic mass is 9.81. The molecule has 0 aliphatic carbocycles. The highest BCUT2D eigenvalue weighted by molar-refractivity contribution is 8.13. The summed E-state index contributed by atoms with van der Waals surface area (Å²) in [7, 11) is -0.655. The summed E-state index contributed by atoms with van der Waals surface area (Å²) in [5, 5.41) is 32.8. The van der Waals surface area contributed by atoms with Gasteiger partial charge < -0.3 is 37.4 Å². The molecule has 26 heteroatoms. The van der Waals surface area contributed by atoms with Gasteiger partial charge in [-0.3, -0.25) is 44.8 Å². The Morgan fingerprint density at radius 1 is 0.729 bits per heavy atom. The van der Waals surface area contributed by atoms with Gasteiger partial charge in [0.25, 0.3) is 24.6 Å². The first-order valence-corrected chi connectivity index (χ1v) is 24.2. The number of amidine groups is 1. The van der Waals surface area contributed by atoms with E-state index in [0.717, 1.165) is 16.7 Å². The van der Waals surface area contributed by atoms with E-state index in [4.69, 9.17) is 32.5 Å². The van der Waals surface area contributed by atoms with Gasteiger partial charge in [-0.15, -0.1) is 0 Å². The fourth-order valence-electron chi connectivity index (χ4n) is 6.77. The highest BCUT2D eigenvalue weighted by Crippen LogP contribution is 2.55. The summed E-state index contributed by atoms with van der Waals surface area (Å²) in [6.45, 7) is 5.12. The summed E-state index contributed by atoms with van der Waals surface area (Å²) in [5.41, 5.74) is 0.312. The third-order valence-corrected chi connectivity index (χ3v) is 13.8. The van der Waals surface area contributed by atoms with Crippen LogP contribution >= 0.6 is 19.3 Å². The molecule has 3 aromatic rings. The van der Waals surface area contributed by atoms with Crippen molar-refractivity contribution in [1.29, 1.82) is 0 Å². The Bertz CT molecular complexity index is 2430. The van der Waals surface area contributed by atoms with Crippen LogP contribution in [0.15, 0.2) is 77.8 Å². The summed E-state index contributed by atoms with van der Waals surface area (Å²) in [4.78, 5) is 107. The van der Waals surface area contributed by atoms with Crippen LogP contribution < -0.4 is 0 Å². The maximum absolute atomic E-state index is 14.5. The number of amides is 2. The van der Waals surface area contributed by atoms with E-state index in [1.165, 1.54) is 79.7 Å². The van der Waals surface area contributed by atoms with Gasteiger partial charge in [-0.1, -0.05) is 11.8 Å². The molecule has 3 atom stereocenters. The van der Waals surface area contributed by atoms with Crippen molar-refractivity contribution < 1.29 is 71.3 Å². The zero-order chi connectivity index (χ0) is 51.5. The number of likely N-dealkylation sites (tertiary alicyclic amines) is 1. The van der Waals surface area contributed by atoms with Crippen molar-refractivity contribution in [3.8, 4) is 0 Å². The highest BCUT2D eigenvalue weighted by Gasteiger charge is 2.57. The molecule has 3 unspecified atom stereocenters. The number of hydrogen-bond acceptors (Lipinski definition) is 19. The second-order valence-electron chi connectivity index (χ2n) is 15.1. The number of nitro groups is 3. The Morgan fingerprint density at radius 2 is 1.17 bits per heavy atom. The topological polar surface area (TPSA) is 298 Å². The van der Waals surface area contributed by atoms with Crippen LogP contribution in [0.2, 0.25) is 0 Å². The number of non-ortho nitro benzene ring substituents is 3. The SMILES string of the molecule is CCOP(OCC)(OCC)=C(C(=O)OCc1ccc([N+](=O)[O-])cc1)N1C(=O)C(C(C)OC(=O)OCc2ccc([N+](=O)[O-])cc2)C1CC(=O)SCCCC(=NC(=O)OCc1ccc([N+](=O)[O-])cc1)N(C)C. The van der Waals surface area contributed by atoms with Gasteiger partial charge in [-0.25, -0.2) is 14.4 Å². The molecule has 2 amide bonds. The van der Waals surface area contributed by atoms with Crippen molar-refractivity contribution in [2.24, 2.45) is 10.9 Å². The van der Waals surface area contributed by atoms with Gasteiger partial charge in [0, 0.05) is 69.1 Å². The molecule has 4 rings (SSSR count). The zero-order valence-electron chi connectivity index (χ0n) is 39.1. The highest BCUT2D eigenvalue weighted by atomic mass is 32.2. The number of thioether (sulfide) groups is 1. The minimum atomic E-state index is -3.98. The van der Waals surface area contributed by atoms with Gasteiger partial charge in [-0.2, -0.15) is 4.99 Å². The van der Waals surface area contributed by atoms with Gasteiger partial charge in [0.1, 0.15) is 31.8 Å². The molecule has 0 N–H and O–H groups in total. The maximum Gasteiger partial charge on any atom is 0.508 e. The second kappa shape index (κ2) is 26.8. The molecule has 24 nitrogen and oxygen atoms in total. The molecule has 1 fully saturated rings. The molecule has 1 aliphatic rings. The Labute approximate surface area is 406 Å². The van der Waals surface area contributed by atoms with Crippen LogP contribution in [0, 0.1) is 36.3 Å². The lowest BCUT2D eigenvalue weighted by Crippen LogP contribution is -2.68. The molecule has 0 spiro atoms. The van der Waals surface area contributed by atoms with Crippen molar-refractivity contribution in [3.05, 3.63) is 120 Å². The van der Waals surface area contributed by atoms with E-state index < -0.39 is 88.1 Å². The molecule has 1 aliphatic heterocycles. The number of hydrogen-bond donors (Lipinski definition) is 0. The Balaban J connectivity index is 1.58. The standard InChI is InChI=1S/C44H53N6O18PS/c1-7-65-69(66-8-2,67-9-3)41(42(53)62-26-30-12-18-33(19-13-30)48(56)57)47-36(39(40(47)52)29(4)68-44(55)64-28-32-16-22-35(23-17-32)50(60)61)25-38(51)70-24-10-11-37(46(5)6)45-43(54)63-27-31-14-20-34(21-15-31)49(58)59/h12-23,29,36,39H,7-11,24-28H2,1-6H3. The van der Waals surface area contributed by atoms with E-state index in [1.807, 2.05) is 0 Å². The molecule has 0 saturated carbocycles. The number of benzene rings is 3. The van der Waals surface area contributed by atoms with E-state index in [2.05, 4.69) is 4.99 Å². The summed E-state index contributed by atoms with van der Waals surface area (Å²) in [6.07, 6.45) is -3.20. The first-order valence-electron chi connectivity index (χ1n) is 21.7. The number of rotatable bonds is 25. The van der Waals surface area contributed by atoms with Crippen LogP contribution in [0.4, 0.5) is 26.7 Å². The lowest BCUT2D eigenvalue weighted by molar-refractivity contribution is -0.385. The predicted molar refractivity (Wildman–Crippen MR) is 253 cm³/mol. The smallest absolute Gasteiger partial charge is 0.456 e. The first kappa shape index (κ1) is 55.8. The van der Waals surface area contributed by atoms with Crippen molar-refractivity contribution in [2.45, 2.75) is 78.9 Å². The maximum atomic E-state index is 14.5. The summed E-state index contributed by atoms with van der Waals surface area (Å²) < 4.78 is 39.9. The van der Waals surface area contributed by atoms with Crippen LogP contribution in [0.5, 0.6) is 0 Å². The van der Waals surface area contributed by atoms with Crippen molar-refractivity contribution >= 4 is 76.9 Å². The Morgan fingerprint density at radius 3 is 1.60 bits per heavy atom. The number of nitro benzene ring substituents is 3. The summed E-state index contributed by atoms with van der Waals surface area (Å²) >= 11 is 0.899. The van der Waals surface area contributed by atoms with E-state index in [0.29, 0.717) is 28.9 Å². The molecule has 0 radical (unpaired) electrons. The van der Waals surface area contributed by atoms with Gasteiger partial charge in [-0.05, 0) is 87.2 Å². The Hall–Kier alpha value is -6.79. The molecule has 378 valence electrons. The van der Waals surface area contributed by atoms with Crippen molar-refractivity contribution in [1.82, 2.24) is 9.80 Å². The number of carbonyl (C=O) groups excluding carboxylic acids is 5. The third kappa shape index (κ3) is 15.6. The van der Waals surface area contributed by atoms with E-state index in [-0.39, 0.29) is 62.3 Å². The summed E-state index contributed by atoms with van der Waals surface area (Å²) in [5.74, 6) is -2.60. The Kier molecular flexibility index (Phi) is 21.4. The minimum Gasteiger partial charge on any atom is -0.456 e. The molecule has 3 aromatic carbocycles. The van der Waals surface area contributed by atoms with Gasteiger partial charge in [0.15, 0.2) is 5.12 Å². The van der Waals surface area contributed by atoms with E-state index in [9.17, 15) is 54.3 Å². The third-order valence-electron chi connectivity index (χ3n) is 10.1. The molecule has 1 heterocycles. The minimum absolute atomic E-state index is 0.0618. The monoisotopic (exact) mass is 1020 g/mol. The largest absolute Gasteiger partial charge is 0.508 e. The number of esters is 1. The molecular formula is C44H53N6O18PS. The zero-order valence-corrected chi connectivity index (χ0v) is 40.8. The number of ether oxygens (including phenoxy) is 4. The van der Waals surface area contributed by atoms with Gasteiger partial charge in [0.05, 0.1) is 46.6 Å². The molecular weight excluding hydrogens is 964 g/mol.